The van der Waals surface area contributed by atoms with E-state index in [1.165, 1.54) is 51.4 Å². The maximum absolute atomic E-state index is 11.9. The molecule has 30 heavy (non-hydrogen) atoms. The van der Waals surface area contributed by atoms with Crippen LogP contribution in [0.25, 0.3) is 0 Å². The number of carbonyl (C=O) groups is 2. The Morgan fingerprint density at radius 3 is 1.63 bits per heavy atom. The Labute approximate surface area is 230 Å². The molecule has 0 heterocycles. The van der Waals surface area contributed by atoms with E-state index in [1.807, 2.05) is 0 Å². The molecule has 0 fully saturated rings. The van der Waals surface area contributed by atoms with Crippen molar-refractivity contribution in [1.82, 2.24) is 0 Å². The van der Waals surface area contributed by atoms with Gasteiger partial charge in [-0.15, -0.1) is 0 Å². The Balaban J connectivity index is -0.000000607. The predicted molar refractivity (Wildman–Crippen MR) is 111 cm³/mol. The van der Waals surface area contributed by atoms with Crippen molar-refractivity contribution in [2.24, 2.45) is 0 Å². The Morgan fingerprint density at radius 2 is 1.23 bits per heavy atom. The molecule has 170 valence electrons. The quantitative estimate of drug-likeness (QED) is 0.115. The summed E-state index contributed by atoms with van der Waals surface area (Å²) in [6, 6.07) is 0. The molecule has 0 bridgehead atoms. The van der Waals surface area contributed by atoms with Crippen LogP contribution in [0.1, 0.15) is 100 Å². The van der Waals surface area contributed by atoms with Gasteiger partial charge >= 0.3 is 71.1 Å². The summed E-state index contributed by atoms with van der Waals surface area (Å²) >= 11 is 0. The first kappa shape index (κ1) is 35.4. The molecule has 0 radical (unpaired) electrons. The summed E-state index contributed by atoms with van der Waals surface area (Å²) in [6.07, 6.45) is 13.3. The summed E-state index contributed by atoms with van der Waals surface area (Å²) in [4.78, 5) is 23.2. The summed E-state index contributed by atoms with van der Waals surface area (Å²) < 4.78 is 41.3. The van der Waals surface area contributed by atoms with E-state index in [0.29, 0.717) is 6.42 Å². The largest absolute Gasteiger partial charge is 1.00 e. The Hall–Kier alpha value is 0.850. The van der Waals surface area contributed by atoms with Crippen LogP contribution in [0.4, 0.5) is 0 Å². The predicted octanol–water partition coefficient (Wildman–Crippen LogP) is -1.33. The molecule has 0 amide bonds. The van der Waals surface area contributed by atoms with E-state index in [0.717, 1.165) is 19.3 Å². The molecule has 0 saturated carbocycles. The molecule has 0 aliphatic heterocycles. The maximum atomic E-state index is 11.9. The molecule has 0 saturated heterocycles. The van der Waals surface area contributed by atoms with Gasteiger partial charge in [0.15, 0.2) is 5.25 Å². The fourth-order valence-electron chi connectivity index (χ4n) is 2.89. The number of esters is 2. The van der Waals surface area contributed by atoms with E-state index in [2.05, 4.69) is 11.7 Å². The number of hydrogen-bond donors (Lipinski definition) is 1. The zero-order valence-electron chi connectivity index (χ0n) is 21.5. The van der Waals surface area contributed by atoms with Crippen molar-refractivity contribution < 1.29 is 94.0 Å². The molecule has 0 spiro atoms. The number of unbranched alkanes of at least 4 members (excludes halogenated alkanes) is 11. The molecule has 1 N–H and O–H groups in total. The van der Waals surface area contributed by atoms with Crippen LogP contribution >= 0.6 is 0 Å². The topological polar surface area (TPSA) is 107 Å². The third-order valence-electron chi connectivity index (χ3n) is 4.52. The van der Waals surface area contributed by atoms with Crippen molar-refractivity contribution >= 4 is 22.1 Å². The molecular weight excluding hydrogens is 430 g/mol. The molecule has 1 unspecified atom stereocenters. The molecule has 7 nitrogen and oxygen atoms in total. The summed E-state index contributed by atoms with van der Waals surface area (Å²) in [5.41, 5.74) is 0. The molecule has 0 aromatic heterocycles. The van der Waals surface area contributed by atoms with Gasteiger partial charge in [0.1, 0.15) is 0 Å². The van der Waals surface area contributed by atoms with Crippen molar-refractivity contribution in [2.75, 3.05) is 13.2 Å². The second-order valence-electron chi connectivity index (χ2n) is 7.07. The molecule has 0 aromatic carbocycles. The summed E-state index contributed by atoms with van der Waals surface area (Å²) in [6.45, 7) is 3.92. The van der Waals surface area contributed by atoms with Crippen molar-refractivity contribution in [2.45, 2.75) is 103 Å². The van der Waals surface area contributed by atoms with Gasteiger partial charge in [-0.25, -0.2) is 0 Å². The monoisotopic (exact) mass is 470 g/mol. The summed E-state index contributed by atoms with van der Waals surface area (Å²) in [5.74, 6) is -1.98. The van der Waals surface area contributed by atoms with Gasteiger partial charge in [0.05, 0.1) is 19.6 Å². The average Bonchev–Trinajstić information content (AvgIpc) is 2.62. The average molecular weight is 471 g/mol. The fourth-order valence-corrected chi connectivity index (χ4v) is 3.55. The number of rotatable bonds is 18. The second-order valence-corrected chi connectivity index (χ2v) is 8.67. The van der Waals surface area contributed by atoms with Gasteiger partial charge in [-0.05, 0) is 13.3 Å². The molecule has 0 aromatic rings. The number of ether oxygens (including phenoxy) is 2. The first-order valence-electron chi connectivity index (χ1n) is 10.6. The van der Waals surface area contributed by atoms with Gasteiger partial charge in [-0.3, -0.25) is 14.1 Å². The van der Waals surface area contributed by atoms with Crippen LogP contribution in [0.2, 0.25) is 0 Å². The normalized spacial score (nSPS) is 11.7. The fraction of sp³-hybridized carbons (Fsp3) is 0.900. The van der Waals surface area contributed by atoms with Gasteiger partial charge in [-0.1, -0.05) is 77.6 Å². The summed E-state index contributed by atoms with van der Waals surface area (Å²) in [5, 5.41) is -1.93. The van der Waals surface area contributed by atoms with Gasteiger partial charge in [0.2, 0.25) is 0 Å². The number of carbonyl (C=O) groups excluding carboxylic acids is 2. The third kappa shape index (κ3) is 20.7. The van der Waals surface area contributed by atoms with E-state index in [1.54, 1.807) is 6.92 Å². The zero-order valence-corrected chi connectivity index (χ0v) is 24.3. The molecular formula is C20H40Na2O7S. The van der Waals surface area contributed by atoms with Crippen molar-refractivity contribution in [1.29, 1.82) is 0 Å². The third-order valence-corrected chi connectivity index (χ3v) is 5.60. The van der Waals surface area contributed by atoms with Gasteiger partial charge < -0.3 is 12.3 Å². The smallest absolute Gasteiger partial charge is 1.00 e. The SMILES string of the molecule is CCCCCCCCCCCCCCOC(=O)C(CC(=O)OCC)S(=O)(=O)O.[H-].[H-].[Na+].[Na+]. The van der Waals surface area contributed by atoms with Crippen LogP contribution in [0.5, 0.6) is 0 Å². The van der Waals surface area contributed by atoms with Crippen molar-refractivity contribution in [3.8, 4) is 0 Å². The molecule has 0 aliphatic rings. The molecule has 10 heteroatoms. The van der Waals surface area contributed by atoms with Crippen LogP contribution in [-0.2, 0) is 29.2 Å². The van der Waals surface area contributed by atoms with E-state index < -0.39 is 33.7 Å². The molecule has 0 aliphatic carbocycles. The Bertz CT molecular complexity index is 538. The Morgan fingerprint density at radius 1 is 0.800 bits per heavy atom. The molecule has 0 rings (SSSR count). The van der Waals surface area contributed by atoms with Crippen molar-refractivity contribution in [3.05, 3.63) is 0 Å². The molecule has 1 atom stereocenters. The maximum Gasteiger partial charge on any atom is 1.00 e. The van der Waals surface area contributed by atoms with Crippen molar-refractivity contribution in [3.63, 3.8) is 0 Å². The minimum absolute atomic E-state index is 0. The van der Waals surface area contributed by atoms with Crippen LogP contribution in [0, 0.1) is 0 Å². The van der Waals surface area contributed by atoms with E-state index >= 15 is 0 Å². The summed E-state index contributed by atoms with van der Waals surface area (Å²) in [7, 11) is -4.72. The van der Waals surface area contributed by atoms with Gasteiger partial charge in [0, 0.05) is 0 Å². The first-order valence-corrected chi connectivity index (χ1v) is 12.1. The Kier molecular flexibility index (Phi) is 27.2. The minimum atomic E-state index is -4.72. The van der Waals surface area contributed by atoms with Gasteiger partial charge in [-0.2, -0.15) is 8.42 Å². The van der Waals surface area contributed by atoms with E-state index in [-0.39, 0.29) is 75.2 Å². The van der Waals surface area contributed by atoms with Crippen LogP contribution in [-0.4, -0.2) is 43.4 Å². The van der Waals surface area contributed by atoms with E-state index in [9.17, 15) is 18.0 Å². The van der Waals surface area contributed by atoms with E-state index in [4.69, 9.17) is 9.29 Å². The second kappa shape index (κ2) is 23.0. The van der Waals surface area contributed by atoms with Crippen LogP contribution in [0.3, 0.4) is 0 Å². The zero-order chi connectivity index (χ0) is 21.3. The first-order chi connectivity index (χ1) is 13.3. The minimum Gasteiger partial charge on any atom is -1.00 e. The standard InChI is InChI=1S/C20H38O7S.2Na.2H/c1-3-5-6-7-8-9-10-11-12-13-14-15-16-27-20(22)18(28(23,24)25)17-19(21)26-4-2;;;;/h18H,3-17H2,1-2H3,(H,23,24,25);;;;/q;2*+1;2*-1. The van der Waals surface area contributed by atoms with Crippen LogP contribution < -0.4 is 59.1 Å². The van der Waals surface area contributed by atoms with Crippen LogP contribution in [0.15, 0.2) is 0 Å². The van der Waals surface area contributed by atoms with Gasteiger partial charge in [0.25, 0.3) is 10.1 Å². The number of hydrogen-bond acceptors (Lipinski definition) is 6.